The van der Waals surface area contributed by atoms with Crippen molar-refractivity contribution in [1.29, 1.82) is 0 Å². The Labute approximate surface area is 120 Å². The van der Waals surface area contributed by atoms with Crippen LogP contribution in [0.4, 0.5) is 5.69 Å². The monoisotopic (exact) mass is 273 g/mol. The second kappa shape index (κ2) is 6.60. The molecule has 1 fully saturated rings. The molecule has 0 radical (unpaired) electrons. The fourth-order valence-corrected chi connectivity index (χ4v) is 2.92. The van der Waals surface area contributed by atoms with Crippen LogP contribution in [-0.4, -0.2) is 24.2 Å². The third-order valence-corrected chi connectivity index (χ3v) is 4.01. The number of carboxylic acid groups (broad SMARTS) is 1. The highest BCUT2D eigenvalue weighted by Gasteiger charge is 2.21. The molecule has 0 aromatic heterocycles. The second-order valence-corrected chi connectivity index (χ2v) is 5.60. The van der Waals surface area contributed by atoms with Gasteiger partial charge in [0, 0.05) is 24.9 Å². The van der Waals surface area contributed by atoms with Crippen molar-refractivity contribution >= 4 is 17.7 Å². The highest BCUT2D eigenvalue weighted by atomic mass is 16.4. The number of hydrogen-bond donors (Lipinski definition) is 1. The van der Waals surface area contributed by atoms with E-state index >= 15 is 0 Å². The number of benzene rings is 1. The van der Waals surface area contributed by atoms with Crippen LogP contribution in [0.1, 0.15) is 37.3 Å². The average molecular weight is 273 g/mol. The van der Waals surface area contributed by atoms with E-state index in [0.717, 1.165) is 30.1 Å². The average Bonchev–Trinajstić information content (AvgIpc) is 2.86. The molecule has 0 bridgehead atoms. The van der Waals surface area contributed by atoms with Crippen LogP contribution >= 0.6 is 0 Å². The van der Waals surface area contributed by atoms with Crippen LogP contribution in [0.5, 0.6) is 0 Å². The fraction of sp³-hybridized carbons (Fsp3) is 0.471. The number of anilines is 1. The Bertz CT molecular complexity index is 508. The predicted octanol–water partition coefficient (Wildman–Crippen LogP) is 3.72. The third-order valence-electron chi connectivity index (χ3n) is 4.01. The molecule has 1 aliphatic heterocycles. The molecule has 1 N–H and O–H groups in total. The zero-order valence-electron chi connectivity index (χ0n) is 12.3. The minimum atomic E-state index is -0.907. The Morgan fingerprint density at radius 1 is 1.50 bits per heavy atom. The van der Waals surface area contributed by atoms with E-state index in [-0.39, 0.29) is 0 Å². The highest BCUT2D eigenvalue weighted by molar-refractivity contribution is 5.85. The lowest BCUT2D eigenvalue weighted by Gasteiger charge is -2.20. The van der Waals surface area contributed by atoms with E-state index in [2.05, 4.69) is 24.0 Å². The first-order valence-electron chi connectivity index (χ1n) is 7.36. The lowest BCUT2D eigenvalue weighted by atomic mass is 10.0. The molecule has 3 heteroatoms. The summed E-state index contributed by atoms with van der Waals surface area (Å²) in [6.45, 7) is 6.56. The van der Waals surface area contributed by atoms with Gasteiger partial charge in [0.15, 0.2) is 0 Å². The molecule has 1 saturated heterocycles. The molecule has 0 aliphatic carbocycles. The molecule has 1 heterocycles. The zero-order chi connectivity index (χ0) is 14.5. The molecule has 20 heavy (non-hydrogen) atoms. The summed E-state index contributed by atoms with van der Waals surface area (Å²) < 4.78 is 0. The third kappa shape index (κ3) is 3.62. The molecule has 1 aromatic carbocycles. The maximum Gasteiger partial charge on any atom is 0.328 e. The van der Waals surface area contributed by atoms with Gasteiger partial charge in [0.25, 0.3) is 0 Å². The quantitative estimate of drug-likeness (QED) is 0.831. The number of aryl methyl sites for hydroxylation is 1. The zero-order valence-corrected chi connectivity index (χ0v) is 12.3. The van der Waals surface area contributed by atoms with E-state index in [1.807, 2.05) is 13.0 Å². The molecule has 0 saturated carbocycles. The van der Waals surface area contributed by atoms with Crippen molar-refractivity contribution in [2.45, 2.75) is 33.1 Å². The predicted molar refractivity (Wildman–Crippen MR) is 83.1 cm³/mol. The number of carboxylic acids is 1. The van der Waals surface area contributed by atoms with Crippen LogP contribution in [0.2, 0.25) is 0 Å². The number of hydrogen-bond acceptors (Lipinski definition) is 2. The topological polar surface area (TPSA) is 40.5 Å². The van der Waals surface area contributed by atoms with E-state index in [1.54, 1.807) is 6.08 Å². The van der Waals surface area contributed by atoms with Crippen LogP contribution < -0.4 is 4.90 Å². The first-order valence-corrected chi connectivity index (χ1v) is 7.36. The standard InChI is InChI=1S/C17H23NO2/c1-3-4-14-9-10-18(12-14)16-7-5-15(13(2)11-16)6-8-17(19)20/h5-8,11,14H,3-4,9-10,12H2,1-2H3,(H,19,20)/b8-6+. The summed E-state index contributed by atoms with van der Waals surface area (Å²) in [5, 5.41) is 8.68. The summed E-state index contributed by atoms with van der Waals surface area (Å²) in [5.41, 5.74) is 3.35. The van der Waals surface area contributed by atoms with Gasteiger partial charge in [-0.15, -0.1) is 0 Å². The van der Waals surface area contributed by atoms with E-state index in [1.165, 1.54) is 31.0 Å². The molecule has 3 nitrogen and oxygen atoms in total. The van der Waals surface area contributed by atoms with E-state index in [0.29, 0.717) is 0 Å². The van der Waals surface area contributed by atoms with Crippen LogP contribution in [0.15, 0.2) is 24.3 Å². The Morgan fingerprint density at radius 2 is 2.30 bits per heavy atom. The summed E-state index contributed by atoms with van der Waals surface area (Å²) >= 11 is 0. The Morgan fingerprint density at radius 3 is 2.95 bits per heavy atom. The van der Waals surface area contributed by atoms with Gasteiger partial charge in [0.1, 0.15) is 0 Å². The van der Waals surface area contributed by atoms with Crippen molar-refractivity contribution in [3.05, 3.63) is 35.4 Å². The largest absolute Gasteiger partial charge is 0.478 e. The number of aliphatic carboxylic acids is 1. The molecule has 108 valence electrons. The van der Waals surface area contributed by atoms with E-state index in [4.69, 9.17) is 5.11 Å². The molecule has 0 amide bonds. The van der Waals surface area contributed by atoms with Gasteiger partial charge < -0.3 is 10.0 Å². The van der Waals surface area contributed by atoms with Gasteiger partial charge in [-0.25, -0.2) is 4.79 Å². The number of rotatable bonds is 5. The Kier molecular flexibility index (Phi) is 4.83. The number of nitrogens with zero attached hydrogens (tertiary/aromatic N) is 1. The molecule has 0 spiro atoms. The van der Waals surface area contributed by atoms with Crippen LogP contribution in [0.3, 0.4) is 0 Å². The van der Waals surface area contributed by atoms with Crippen molar-refractivity contribution in [2.24, 2.45) is 5.92 Å². The van der Waals surface area contributed by atoms with Crippen LogP contribution in [0, 0.1) is 12.8 Å². The summed E-state index contributed by atoms with van der Waals surface area (Å²) in [6.07, 6.45) is 6.71. The van der Waals surface area contributed by atoms with Crippen molar-refractivity contribution < 1.29 is 9.90 Å². The highest BCUT2D eigenvalue weighted by Crippen LogP contribution is 2.28. The first kappa shape index (κ1) is 14.6. The summed E-state index contributed by atoms with van der Waals surface area (Å²) in [6, 6.07) is 6.27. The van der Waals surface area contributed by atoms with Gasteiger partial charge in [-0.3, -0.25) is 0 Å². The lowest BCUT2D eigenvalue weighted by molar-refractivity contribution is -0.131. The van der Waals surface area contributed by atoms with Crippen molar-refractivity contribution in [2.75, 3.05) is 18.0 Å². The molecule has 1 unspecified atom stereocenters. The molecule has 1 aromatic rings. The van der Waals surface area contributed by atoms with Crippen LogP contribution in [-0.2, 0) is 4.79 Å². The molecule has 1 aliphatic rings. The summed E-state index contributed by atoms with van der Waals surface area (Å²) in [7, 11) is 0. The molecule has 2 rings (SSSR count). The van der Waals surface area contributed by atoms with Crippen molar-refractivity contribution in [1.82, 2.24) is 0 Å². The van der Waals surface area contributed by atoms with Crippen molar-refractivity contribution in [3.63, 3.8) is 0 Å². The maximum atomic E-state index is 10.6. The van der Waals surface area contributed by atoms with Gasteiger partial charge in [-0.05, 0) is 55.0 Å². The lowest BCUT2D eigenvalue weighted by Crippen LogP contribution is -2.19. The maximum absolute atomic E-state index is 10.6. The second-order valence-electron chi connectivity index (χ2n) is 5.60. The van der Waals surface area contributed by atoms with Crippen LogP contribution in [0.25, 0.3) is 6.08 Å². The Hall–Kier alpha value is -1.77. The van der Waals surface area contributed by atoms with Gasteiger partial charge in [0.2, 0.25) is 0 Å². The summed E-state index contributed by atoms with van der Waals surface area (Å²) in [4.78, 5) is 13.0. The Balaban J connectivity index is 2.08. The molecule has 1 atom stereocenters. The van der Waals surface area contributed by atoms with E-state index < -0.39 is 5.97 Å². The minimum Gasteiger partial charge on any atom is -0.478 e. The van der Waals surface area contributed by atoms with E-state index in [9.17, 15) is 4.79 Å². The van der Waals surface area contributed by atoms with Gasteiger partial charge in [-0.2, -0.15) is 0 Å². The molecular formula is C17H23NO2. The van der Waals surface area contributed by atoms with Gasteiger partial charge in [-0.1, -0.05) is 19.4 Å². The smallest absolute Gasteiger partial charge is 0.328 e. The number of carbonyl (C=O) groups is 1. The molecular weight excluding hydrogens is 250 g/mol. The summed E-state index contributed by atoms with van der Waals surface area (Å²) in [5.74, 6) is -0.0812. The fourth-order valence-electron chi connectivity index (χ4n) is 2.92. The minimum absolute atomic E-state index is 0.826. The van der Waals surface area contributed by atoms with Gasteiger partial charge in [0.05, 0.1) is 0 Å². The normalized spacial score (nSPS) is 18.9. The SMILES string of the molecule is CCCC1CCN(c2ccc(/C=C/C(=O)O)c(C)c2)C1. The first-order chi connectivity index (χ1) is 9.60. The van der Waals surface area contributed by atoms with Crippen molar-refractivity contribution in [3.8, 4) is 0 Å². The van der Waals surface area contributed by atoms with Gasteiger partial charge >= 0.3 is 5.97 Å².